The van der Waals surface area contributed by atoms with Crippen LogP contribution >= 0.6 is 11.8 Å². The van der Waals surface area contributed by atoms with E-state index in [1.54, 1.807) is 12.1 Å². The first-order valence-electron chi connectivity index (χ1n) is 4.44. The van der Waals surface area contributed by atoms with Crippen LogP contribution in [-0.4, -0.2) is 17.0 Å². The van der Waals surface area contributed by atoms with Gasteiger partial charge in [-0.3, -0.25) is 0 Å². The topological polar surface area (TPSA) is 46.2 Å². The minimum atomic E-state index is -0.266. The van der Waals surface area contributed by atoms with E-state index < -0.39 is 0 Å². The van der Waals surface area contributed by atoms with Crippen LogP contribution in [-0.2, 0) is 6.54 Å². The molecule has 2 nitrogen and oxygen atoms in total. The van der Waals surface area contributed by atoms with Crippen molar-refractivity contribution in [1.29, 1.82) is 0 Å². The normalized spacial score (nSPS) is 12.9. The number of benzene rings is 1. The molecule has 0 bridgehead atoms. The standard InChI is InChI=1S/C10H14FNOS/c1-7(6-13)14-10-8(5-12)3-2-4-9(10)11/h2-4,7,13H,5-6,12H2,1H3. The molecule has 0 heterocycles. The molecule has 0 radical (unpaired) electrons. The van der Waals surface area contributed by atoms with Crippen molar-refractivity contribution < 1.29 is 9.50 Å². The van der Waals surface area contributed by atoms with Crippen molar-refractivity contribution in [1.82, 2.24) is 0 Å². The maximum absolute atomic E-state index is 13.4. The molecular weight excluding hydrogens is 201 g/mol. The number of aliphatic hydroxyl groups is 1. The Kier molecular flexibility index (Phi) is 4.38. The van der Waals surface area contributed by atoms with E-state index in [9.17, 15) is 4.39 Å². The van der Waals surface area contributed by atoms with E-state index in [0.717, 1.165) is 5.56 Å². The third-order valence-corrected chi connectivity index (χ3v) is 3.09. The summed E-state index contributed by atoms with van der Waals surface area (Å²) in [4.78, 5) is 0.552. The van der Waals surface area contributed by atoms with Gasteiger partial charge in [-0.2, -0.15) is 0 Å². The Bertz CT molecular complexity index is 306. The number of aliphatic hydroxyl groups excluding tert-OH is 1. The highest BCUT2D eigenvalue weighted by Gasteiger charge is 2.11. The van der Waals surface area contributed by atoms with Crippen molar-refractivity contribution in [3.63, 3.8) is 0 Å². The zero-order valence-corrected chi connectivity index (χ0v) is 8.85. The van der Waals surface area contributed by atoms with Crippen molar-refractivity contribution in [2.75, 3.05) is 6.61 Å². The van der Waals surface area contributed by atoms with Crippen molar-refractivity contribution in [3.05, 3.63) is 29.6 Å². The summed E-state index contributed by atoms with van der Waals surface area (Å²) in [7, 11) is 0. The van der Waals surface area contributed by atoms with Crippen LogP contribution in [0.5, 0.6) is 0 Å². The van der Waals surface area contributed by atoms with Gasteiger partial charge in [-0.15, -0.1) is 11.8 Å². The van der Waals surface area contributed by atoms with Gasteiger partial charge in [0.1, 0.15) is 5.82 Å². The second kappa shape index (κ2) is 5.34. The molecule has 0 aliphatic rings. The SMILES string of the molecule is CC(CO)Sc1c(F)cccc1CN. The maximum atomic E-state index is 13.4. The van der Waals surface area contributed by atoms with Gasteiger partial charge >= 0.3 is 0 Å². The van der Waals surface area contributed by atoms with Crippen LogP contribution in [0.1, 0.15) is 12.5 Å². The van der Waals surface area contributed by atoms with Gasteiger partial charge in [0.15, 0.2) is 0 Å². The van der Waals surface area contributed by atoms with Gasteiger partial charge in [0.2, 0.25) is 0 Å². The molecule has 0 saturated heterocycles. The molecule has 0 fully saturated rings. The summed E-state index contributed by atoms with van der Waals surface area (Å²) < 4.78 is 13.4. The minimum absolute atomic E-state index is 0.0165. The fraction of sp³-hybridized carbons (Fsp3) is 0.400. The minimum Gasteiger partial charge on any atom is -0.395 e. The molecule has 0 spiro atoms. The number of rotatable bonds is 4. The molecule has 0 saturated carbocycles. The van der Waals surface area contributed by atoms with Crippen LogP contribution in [0, 0.1) is 5.82 Å². The second-order valence-corrected chi connectivity index (χ2v) is 4.49. The van der Waals surface area contributed by atoms with Gasteiger partial charge in [0.05, 0.1) is 6.61 Å². The average Bonchev–Trinajstić information content (AvgIpc) is 2.20. The van der Waals surface area contributed by atoms with Gasteiger partial charge in [-0.1, -0.05) is 19.1 Å². The molecule has 1 rings (SSSR count). The van der Waals surface area contributed by atoms with E-state index in [2.05, 4.69) is 0 Å². The summed E-state index contributed by atoms with van der Waals surface area (Å²) >= 11 is 1.32. The molecular formula is C10H14FNOS. The van der Waals surface area contributed by atoms with Crippen LogP contribution in [0.3, 0.4) is 0 Å². The molecule has 4 heteroatoms. The summed E-state index contributed by atoms with van der Waals surface area (Å²) in [6.45, 7) is 2.19. The first kappa shape index (κ1) is 11.5. The first-order valence-corrected chi connectivity index (χ1v) is 5.32. The first-order chi connectivity index (χ1) is 6.69. The fourth-order valence-electron chi connectivity index (χ4n) is 1.08. The molecule has 1 atom stereocenters. The number of halogens is 1. The van der Waals surface area contributed by atoms with Crippen molar-refractivity contribution >= 4 is 11.8 Å². The lowest BCUT2D eigenvalue weighted by molar-refractivity contribution is 0.300. The van der Waals surface area contributed by atoms with Crippen LogP contribution in [0.25, 0.3) is 0 Å². The van der Waals surface area contributed by atoms with E-state index in [4.69, 9.17) is 10.8 Å². The molecule has 1 unspecified atom stereocenters. The van der Waals surface area contributed by atoms with E-state index in [1.807, 2.05) is 6.92 Å². The summed E-state index contributed by atoms with van der Waals surface area (Å²) in [5.41, 5.74) is 6.28. The van der Waals surface area contributed by atoms with Crippen LogP contribution in [0.15, 0.2) is 23.1 Å². The molecule has 1 aromatic rings. The zero-order valence-electron chi connectivity index (χ0n) is 8.03. The molecule has 3 N–H and O–H groups in total. The zero-order chi connectivity index (χ0) is 10.6. The molecule has 0 aromatic heterocycles. The van der Waals surface area contributed by atoms with Crippen LogP contribution < -0.4 is 5.73 Å². The maximum Gasteiger partial charge on any atom is 0.137 e. The number of hydrogen-bond donors (Lipinski definition) is 2. The predicted octanol–water partition coefficient (Wildman–Crippen LogP) is 1.76. The molecule has 0 amide bonds. The Labute approximate surface area is 87.3 Å². The second-order valence-electron chi connectivity index (χ2n) is 3.04. The van der Waals surface area contributed by atoms with Crippen molar-refractivity contribution in [2.45, 2.75) is 23.6 Å². The highest BCUT2D eigenvalue weighted by molar-refractivity contribution is 8.00. The monoisotopic (exact) mass is 215 g/mol. The van der Waals surface area contributed by atoms with E-state index >= 15 is 0 Å². The van der Waals surface area contributed by atoms with E-state index in [1.165, 1.54) is 17.8 Å². The van der Waals surface area contributed by atoms with Crippen molar-refractivity contribution in [3.8, 4) is 0 Å². The average molecular weight is 215 g/mol. The molecule has 0 aliphatic carbocycles. The van der Waals surface area contributed by atoms with Crippen LogP contribution in [0.4, 0.5) is 4.39 Å². The molecule has 1 aromatic carbocycles. The molecule has 0 aliphatic heterocycles. The largest absolute Gasteiger partial charge is 0.395 e. The van der Waals surface area contributed by atoms with Gasteiger partial charge in [-0.05, 0) is 11.6 Å². The highest BCUT2D eigenvalue weighted by Crippen LogP contribution is 2.29. The fourth-order valence-corrected chi connectivity index (χ4v) is 2.04. The quantitative estimate of drug-likeness (QED) is 0.752. The Morgan fingerprint density at radius 2 is 2.29 bits per heavy atom. The number of hydrogen-bond acceptors (Lipinski definition) is 3. The van der Waals surface area contributed by atoms with Gasteiger partial charge < -0.3 is 10.8 Å². The van der Waals surface area contributed by atoms with Crippen LogP contribution in [0.2, 0.25) is 0 Å². The molecule has 78 valence electrons. The van der Waals surface area contributed by atoms with Gasteiger partial charge in [-0.25, -0.2) is 4.39 Å². The number of nitrogens with two attached hydrogens (primary N) is 1. The summed E-state index contributed by atoms with van der Waals surface area (Å²) in [6, 6.07) is 4.85. The summed E-state index contributed by atoms with van der Waals surface area (Å²) in [6.07, 6.45) is 0. The van der Waals surface area contributed by atoms with Gasteiger partial charge in [0.25, 0.3) is 0 Å². The Balaban J connectivity index is 2.92. The Hall–Kier alpha value is -0.580. The highest BCUT2D eigenvalue weighted by atomic mass is 32.2. The van der Waals surface area contributed by atoms with E-state index in [-0.39, 0.29) is 17.7 Å². The molecule has 14 heavy (non-hydrogen) atoms. The summed E-state index contributed by atoms with van der Waals surface area (Å²) in [5.74, 6) is -0.266. The Morgan fingerprint density at radius 3 is 2.86 bits per heavy atom. The Morgan fingerprint density at radius 1 is 1.57 bits per heavy atom. The number of thioether (sulfide) groups is 1. The third kappa shape index (κ3) is 2.70. The smallest absolute Gasteiger partial charge is 0.137 e. The summed E-state index contributed by atoms with van der Waals surface area (Å²) in [5, 5.41) is 8.86. The van der Waals surface area contributed by atoms with Gasteiger partial charge in [0, 0.05) is 16.7 Å². The lowest BCUT2D eigenvalue weighted by Gasteiger charge is -2.12. The predicted molar refractivity (Wildman–Crippen MR) is 56.7 cm³/mol. The lowest BCUT2D eigenvalue weighted by Crippen LogP contribution is -2.06. The third-order valence-electron chi connectivity index (χ3n) is 1.84. The lowest BCUT2D eigenvalue weighted by atomic mass is 10.2. The van der Waals surface area contributed by atoms with E-state index in [0.29, 0.717) is 11.4 Å². The van der Waals surface area contributed by atoms with Crippen molar-refractivity contribution in [2.24, 2.45) is 5.73 Å².